The van der Waals surface area contributed by atoms with Crippen LogP contribution < -0.4 is 0 Å². The summed E-state index contributed by atoms with van der Waals surface area (Å²) in [5, 5.41) is 2.78. The molecule has 6 heteroatoms. The largest absolute Gasteiger partial charge is 0.0974 e. The highest BCUT2D eigenvalue weighted by Gasteiger charge is 2.52. The van der Waals surface area contributed by atoms with Crippen molar-refractivity contribution in [2.75, 3.05) is 12.3 Å². The summed E-state index contributed by atoms with van der Waals surface area (Å²) in [4.78, 5) is 0. The molecule has 4 aromatic carbocycles. The van der Waals surface area contributed by atoms with Crippen molar-refractivity contribution in [3.8, 4) is 0 Å². The van der Waals surface area contributed by atoms with Gasteiger partial charge in [0.05, 0.1) is 0 Å². The first-order valence-corrected chi connectivity index (χ1v) is 37.1. The van der Waals surface area contributed by atoms with Gasteiger partial charge in [0, 0.05) is 22.6 Å². The van der Waals surface area contributed by atoms with E-state index in [1.165, 1.54) is 37.5 Å². The molecule has 0 aliphatic carbocycles. The van der Waals surface area contributed by atoms with Gasteiger partial charge in [-0.25, -0.2) is 0 Å². The molecular formula is C64H96P6. The number of rotatable bonds is 3. The third kappa shape index (κ3) is 11.7. The Morgan fingerprint density at radius 1 is 0.286 bits per heavy atom. The van der Waals surface area contributed by atoms with Crippen molar-refractivity contribution in [1.82, 2.24) is 0 Å². The van der Waals surface area contributed by atoms with Crippen LogP contribution in [0.3, 0.4) is 0 Å². The van der Waals surface area contributed by atoms with Crippen molar-refractivity contribution in [1.29, 1.82) is 0 Å². The molecule has 0 amide bonds. The Morgan fingerprint density at radius 2 is 0.486 bits per heavy atom. The van der Waals surface area contributed by atoms with Crippen LogP contribution in [0.15, 0.2) is 97.1 Å². The molecule has 2 saturated heterocycles. The van der Waals surface area contributed by atoms with Gasteiger partial charge in [-0.1, -0.05) is 269 Å². The summed E-state index contributed by atoms with van der Waals surface area (Å²) in [5.41, 5.74) is 18.4. The Kier molecular flexibility index (Phi) is 16.8. The summed E-state index contributed by atoms with van der Waals surface area (Å²) in [6.07, 6.45) is 14.5. The van der Waals surface area contributed by atoms with E-state index in [0.29, 0.717) is 30.9 Å². The average Bonchev–Trinajstić information content (AvgIpc) is 4.11. The van der Waals surface area contributed by atoms with Crippen molar-refractivity contribution in [3.63, 3.8) is 0 Å². The highest BCUT2D eigenvalue weighted by atomic mass is 31.1. The topological polar surface area (TPSA) is 0 Å². The quantitative estimate of drug-likeness (QED) is 0.179. The maximum atomic E-state index is 2.51. The summed E-state index contributed by atoms with van der Waals surface area (Å²) in [6.45, 7) is 44.8. The lowest BCUT2D eigenvalue weighted by Gasteiger charge is -2.42. The first-order valence-electron chi connectivity index (χ1n) is 27.5. The standard InChI is InChI=1S/2C24H32P2.C16H32P2/c2*1-23(2,3)25-15-17-11-7-9-13-19(17)21(25)22-20-14-10-8-12-18(20)16-26(22)24(4,5)6;1-15(2,3)17-11-7-9-13(17)14-10-8-12-18(14)16(4,5)6/h2*7-14,21-22H,15-16H2,1-6H3;13-14H,7-12H2,1-6H3/t2*21-,22-,25?,26?;13-,14-,17?,18?/m101/s1. The Morgan fingerprint density at radius 3 is 0.686 bits per heavy atom. The minimum absolute atomic E-state index is 0.0695. The molecule has 0 bridgehead atoms. The summed E-state index contributed by atoms with van der Waals surface area (Å²) in [5.74, 6) is 0. The van der Waals surface area contributed by atoms with E-state index in [-0.39, 0.29) is 47.5 Å². The predicted molar refractivity (Wildman–Crippen MR) is 327 cm³/mol. The zero-order chi connectivity index (χ0) is 50.9. The van der Waals surface area contributed by atoms with Crippen LogP contribution in [0.5, 0.6) is 0 Å². The molecule has 0 N–H and O–H groups in total. The number of benzene rings is 4. The van der Waals surface area contributed by atoms with Crippen LogP contribution in [0.25, 0.3) is 0 Å². The lowest BCUT2D eigenvalue weighted by atomic mass is 9.98. The van der Waals surface area contributed by atoms with E-state index in [4.69, 9.17) is 0 Å². The Balaban J connectivity index is 0.000000144. The van der Waals surface area contributed by atoms with Crippen molar-refractivity contribution >= 4 is 47.5 Å². The summed E-state index contributed by atoms with van der Waals surface area (Å²) in [7, 11) is 0.286. The van der Waals surface area contributed by atoms with E-state index in [1.54, 1.807) is 69.7 Å². The third-order valence-electron chi connectivity index (χ3n) is 17.0. The molecular weight excluding hydrogens is 955 g/mol. The maximum Gasteiger partial charge on any atom is 0.0161 e. The van der Waals surface area contributed by atoms with Crippen molar-refractivity contribution < 1.29 is 0 Å². The number of fused-ring (bicyclic) bond motifs is 4. The maximum absolute atomic E-state index is 2.51. The van der Waals surface area contributed by atoms with Crippen LogP contribution in [0.2, 0.25) is 0 Å². The summed E-state index contributed by atoms with van der Waals surface area (Å²) in [6, 6.07) is 37.5. The molecule has 0 nitrogen and oxygen atoms in total. The second-order valence-corrected chi connectivity index (χ2v) is 47.3. The van der Waals surface area contributed by atoms with E-state index < -0.39 is 0 Å². The highest BCUT2D eigenvalue weighted by Crippen LogP contribution is 2.83. The zero-order valence-corrected chi connectivity index (χ0v) is 52.8. The molecule has 0 saturated carbocycles. The lowest BCUT2D eigenvalue weighted by Crippen LogP contribution is -2.29. The van der Waals surface area contributed by atoms with Crippen LogP contribution in [0, 0.1) is 0 Å². The van der Waals surface area contributed by atoms with Gasteiger partial charge in [-0.05, 0) is 149 Å². The molecule has 0 radical (unpaired) electrons. The molecule has 6 aliphatic heterocycles. The van der Waals surface area contributed by atoms with Gasteiger partial charge < -0.3 is 0 Å². The van der Waals surface area contributed by atoms with Crippen LogP contribution >= 0.6 is 47.5 Å². The van der Waals surface area contributed by atoms with Crippen molar-refractivity contribution in [2.45, 2.75) is 240 Å². The Bertz CT molecular complexity index is 2100. The van der Waals surface area contributed by atoms with E-state index in [0.717, 1.165) is 34.0 Å². The van der Waals surface area contributed by atoms with Crippen LogP contribution in [-0.2, 0) is 24.6 Å². The zero-order valence-electron chi connectivity index (χ0n) is 47.5. The first kappa shape index (κ1) is 55.7. The fourth-order valence-electron chi connectivity index (χ4n) is 13.7. The van der Waals surface area contributed by atoms with Crippen molar-refractivity contribution in [3.05, 3.63) is 142 Å². The van der Waals surface area contributed by atoms with E-state index in [2.05, 4.69) is 222 Å². The minimum atomic E-state index is -0.0695. The molecule has 6 unspecified atom stereocenters. The smallest absolute Gasteiger partial charge is 0.0161 e. The molecule has 4 aromatic rings. The van der Waals surface area contributed by atoms with Gasteiger partial charge in [0.15, 0.2) is 0 Å². The van der Waals surface area contributed by atoms with Gasteiger partial charge in [0.2, 0.25) is 0 Å². The van der Waals surface area contributed by atoms with Gasteiger partial charge in [0.25, 0.3) is 0 Å². The molecule has 12 atom stereocenters. The molecule has 6 heterocycles. The van der Waals surface area contributed by atoms with E-state index >= 15 is 0 Å². The average molecular weight is 1050 g/mol. The van der Waals surface area contributed by atoms with E-state index in [9.17, 15) is 0 Å². The highest BCUT2D eigenvalue weighted by molar-refractivity contribution is 7.65. The Labute approximate surface area is 438 Å². The fraction of sp³-hybridized carbons (Fsp3) is 0.625. The van der Waals surface area contributed by atoms with Gasteiger partial charge in [0.1, 0.15) is 0 Å². The van der Waals surface area contributed by atoms with Gasteiger partial charge >= 0.3 is 0 Å². The molecule has 6 aliphatic rings. The van der Waals surface area contributed by atoms with Crippen molar-refractivity contribution in [2.24, 2.45) is 0 Å². The summed E-state index contributed by atoms with van der Waals surface area (Å²) >= 11 is 0. The SMILES string of the molecule is CC(C)(C)P1CCC[C@@H]1[C@H]1CCCP1C(C)(C)C.CC(C)(C)P1Cc2ccccc2[C@@H]1[C@H]1c2ccccc2CP1C(C)(C)C.CC(C)(C)P1Cc2ccccc2[C@H]1[C@@H]1c2ccccc2CP1C(C)(C)C. The molecule has 382 valence electrons. The minimum Gasteiger partial charge on any atom is -0.0974 e. The predicted octanol–water partition coefficient (Wildman–Crippen LogP) is 22.0. The molecule has 0 aromatic heterocycles. The number of hydrogen-bond donors (Lipinski definition) is 0. The fourth-order valence-corrected chi connectivity index (χ4v) is 36.8. The van der Waals surface area contributed by atoms with Crippen LogP contribution in [-0.4, -0.2) is 54.6 Å². The molecule has 0 spiro atoms. The third-order valence-corrected chi connectivity index (χ3v) is 40.2. The normalized spacial score (nSPS) is 30.7. The Hall–Kier alpha value is -0.540. The van der Waals surface area contributed by atoms with E-state index in [1.807, 2.05) is 0 Å². The molecule has 2 fully saturated rings. The monoisotopic (exact) mass is 1050 g/mol. The second-order valence-electron chi connectivity index (χ2n) is 27.9. The number of hydrogen-bond acceptors (Lipinski definition) is 0. The van der Waals surface area contributed by atoms with Gasteiger partial charge in [-0.3, -0.25) is 0 Å². The second kappa shape index (κ2) is 21.1. The summed E-state index contributed by atoms with van der Waals surface area (Å²) < 4.78 is 0. The molecule has 70 heavy (non-hydrogen) atoms. The van der Waals surface area contributed by atoms with Crippen LogP contribution in [0.1, 0.15) is 217 Å². The first-order chi connectivity index (χ1) is 32.6. The van der Waals surface area contributed by atoms with Gasteiger partial charge in [-0.15, -0.1) is 0 Å². The van der Waals surface area contributed by atoms with Crippen LogP contribution in [0.4, 0.5) is 0 Å². The van der Waals surface area contributed by atoms with Gasteiger partial charge in [-0.2, -0.15) is 0 Å². The lowest BCUT2D eigenvalue weighted by molar-refractivity contribution is 0.671. The molecule has 10 rings (SSSR count).